The first-order chi connectivity index (χ1) is 9.90. The Hall–Kier alpha value is -2.35. The lowest BCUT2D eigenvalue weighted by Crippen LogP contribution is -2.50. The van der Waals surface area contributed by atoms with Crippen LogP contribution in [0.5, 0.6) is 0 Å². The van der Waals surface area contributed by atoms with Gasteiger partial charge in [-0.3, -0.25) is 14.9 Å². The zero-order valence-electron chi connectivity index (χ0n) is 10.9. The van der Waals surface area contributed by atoms with Crippen molar-refractivity contribution in [2.45, 2.75) is 0 Å². The second-order valence-electron chi connectivity index (χ2n) is 4.48. The van der Waals surface area contributed by atoms with Crippen molar-refractivity contribution in [3.8, 4) is 0 Å². The number of non-ortho nitro benzene ring substituents is 1. The number of piperazine rings is 1. The van der Waals surface area contributed by atoms with Crippen molar-refractivity contribution in [1.29, 1.82) is 0 Å². The van der Waals surface area contributed by atoms with Crippen LogP contribution in [-0.2, 0) is 0 Å². The number of hydrogen-bond donors (Lipinski definition) is 1. The molecule has 0 aliphatic carbocycles. The van der Waals surface area contributed by atoms with E-state index in [1.165, 1.54) is 21.9 Å². The van der Waals surface area contributed by atoms with Crippen LogP contribution in [0.4, 0.5) is 10.5 Å². The van der Waals surface area contributed by atoms with E-state index >= 15 is 0 Å². The van der Waals surface area contributed by atoms with Crippen LogP contribution in [0.2, 0.25) is 5.02 Å². The van der Waals surface area contributed by atoms with Crippen LogP contribution in [0.15, 0.2) is 18.2 Å². The van der Waals surface area contributed by atoms with Gasteiger partial charge in [0.05, 0.1) is 15.5 Å². The van der Waals surface area contributed by atoms with E-state index in [4.69, 9.17) is 16.7 Å². The second-order valence-corrected chi connectivity index (χ2v) is 4.89. The average Bonchev–Trinajstić information content (AvgIpc) is 2.46. The molecule has 8 nitrogen and oxygen atoms in total. The first-order valence-electron chi connectivity index (χ1n) is 6.11. The summed E-state index contributed by atoms with van der Waals surface area (Å²) in [4.78, 5) is 35.8. The van der Waals surface area contributed by atoms with Crippen LogP contribution in [0.3, 0.4) is 0 Å². The maximum absolute atomic E-state index is 12.3. The van der Waals surface area contributed by atoms with E-state index in [-0.39, 0.29) is 48.4 Å². The fourth-order valence-corrected chi connectivity index (χ4v) is 2.32. The van der Waals surface area contributed by atoms with Gasteiger partial charge in [-0.25, -0.2) is 4.79 Å². The SMILES string of the molecule is O=C(O)N1CCN(C(=O)c2ccc([N+](=O)[O-])cc2Cl)CC1. The fourth-order valence-electron chi connectivity index (χ4n) is 2.06. The molecule has 1 aliphatic rings. The maximum atomic E-state index is 12.3. The molecular weight excluding hydrogens is 302 g/mol. The molecule has 1 N–H and O–H groups in total. The van der Waals surface area contributed by atoms with E-state index in [0.717, 1.165) is 6.07 Å². The predicted molar refractivity (Wildman–Crippen MR) is 73.6 cm³/mol. The van der Waals surface area contributed by atoms with Crippen molar-refractivity contribution in [2.24, 2.45) is 0 Å². The highest BCUT2D eigenvalue weighted by molar-refractivity contribution is 6.34. The zero-order valence-corrected chi connectivity index (χ0v) is 11.6. The zero-order chi connectivity index (χ0) is 15.6. The number of amides is 2. The van der Waals surface area contributed by atoms with Crippen molar-refractivity contribution in [2.75, 3.05) is 26.2 Å². The number of nitrogens with zero attached hydrogens (tertiary/aromatic N) is 3. The number of halogens is 1. The summed E-state index contributed by atoms with van der Waals surface area (Å²) < 4.78 is 0. The minimum atomic E-state index is -1.02. The van der Waals surface area contributed by atoms with Crippen molar-refractivity contribution < 1.29 is 19.6 Å². The van der Waals surface area contributed by atoms with E-state index in [1.54, 1.807) is 0 Å². The molecule has 0 spiro atoms. The number of carbonyl (C=O) groups is 2. The fraction of sp³-hybridized carbons (Fsp3) is 0.333. The van der Waals surface area contributed by atoms with E-state index in [2.05, 4.69) is 0 Å². The number of nitro benzene ring substituents is 1. The molecule has 0 radical (unpaired) electrons. The van der Waals surface area contributed by atoms with Crippen LogP contribution in [-0.4, -0.2) is 58.0 Å². The first kappa shape index (κ1) is 15.0. The third kappa shape index (κ3) is 3.22. The van der Waals surface area contributed by atoms with Gasteiger partial charge in [-0.1, -0.05) is 11.6 Å². The van der Waals surface area contributed by atoms with Crippen LogP contribution >= 0.6 is 11.6 Å². The van der Waals surface area contributed by atoms with E-state index in [9.17, 15) is 19.7 Å². The molecule has 0 unspecified atom stereocenters. The number of carboxylic acid groups (broad SMARTS) is 1. The van der Waals surface area contributed by atoms with Crippen molar-refractivity contribution in [1.82, 2.24) is 9.80 Å². The van der Waals surface area contributed by atoms with Crippen LogP contribution in [0.1, 0.15) is 10.4 Å². The molecule has 0 atom stereocenters. The molecule has 1 heterocycles. The lowest BCUT2D eigenvalue weighted by molar-refractivity contribution is -0.384. The minimum Gasteiger partial charge on any atom is -0.465 e. The molecule has 21 heavy (non-hydrogen) atoms. The van der Waals surface area contributed by atoms with Crippen LogP contribution < -0.4 is 0 Å². The van der Waals surface area contributed by atoms with Crippen molar-refractivity contribution in [3.63, 3.8) is 0 Å². The maximum Gasteiger partial charge on any atom is 0.407 e. The summed E-state index contributed by atoms with van der Waals surface area (Å²) in [6.45, 7) is 0.980. The largest absolute Gasteiger partial charge is 0.465 e. The molecule has 112 valence electrons. The van der Waals surface area contributed by atoms with E-state index < -0.39 is 11.0 Å². The minimum absolute atomic E-state index is 0.00913. The molecule has 1 fully saturated rings. The molecule has 0 saturated carbocycles. The third-order valence-corrected chi connectivity index (χ3v) is 3.54. The highest BCUT2D eigenvalue weighted by Crippen LogP contribution is 2.24. The van der Waals surface area contributed by atoms with Gasteiger partial charge in [0.25, 0.3) is 11.6 Å². The Labute approximate surface area is 124 Å². The summed E-state index contributed by atoms with van der Waals surface area (Å²) in [7, 11) is 0. The predicted octanol–water partition coefficient (Wildman–Crippen LogP) is 1.68. The summed E-state index contributed by atoms with van der Waals surface area (Å²) in [5.74, 6) is -0.361. The standard InChI is InChI=1S/C12H12ClN3O5/c13-10-7-8(16(20)21)1-2-9(10)11(17)14-3-5-15(6-4-14)12(18)19/h1-2,7H,3-6H2,(H,18,19). The van der Waals surface area contributed by atoms with Gasteiger partial charge in [0.15, 0.2) is 0 Å². The van der Waals surface area contributed by atoms with Gasteiger partial charge in [0.2, 0.25) is 0 Å². The lowest BCUT2D eigenvalue weighted by atomic mass is 10.1. The molecular formula is C12H12ClN3O5. The highest BCUT2D eigenvalue weighted by Gasteiger charge is 2.26. The summed E-state index contributed by atoms with van der Waals surface area (Å²) in [5.41, 5.74) is -0.0155. The molecule has 1 aromatic carbocycles. The average molecular weight is 314 g/mol. The number of benzene rings is 1. The van der Waals surface area contributed by atoms with Crippen LogP contribution in [0.25, 0.3) is 0 Å². The Bertz CT molecular complexity index is 599. The molecule has 9 heteroatoms. The van der Waals surface area contributed by atoms with Crippen LogP contribution in [0, 0.1) is 10.1 Å². The molecule has 1 saturated heterocycles. The first-order valence-corrected chi connectivity index (χ1v) is 6.49. The monoisotopic (exact) mass is 313 g/mol. The normalized spacial score (nSPS) is 14.9. The Balaban J connectivity index is 2.11. The quantitative estimate of drug-likeness (QED) is 0.660. The van der Waals surface area contributed by atoms with Gasteiger partial charge in [-0.2, -0.15) is 0 Å². The molecule has 0 bridgehead atoms. The molecule has 2 rings (SSSR count). The van der Waals surface area contributed by atoms with E-state index in [0.29, 0.717) is 0 Å². The number of rotatable bonds is 2. The van der Waals surface area contributed by atoms with Crippen molar-refractivity contribution >= 4 is 29.3 Å². The van der Waals surface area contributed by atoms with Gasteiger partial charge in [-0.15, -0.1) is 0 Å². The molecule has 2 amide bonds. The summed E-state index contributed by atoms with van der Waals surface area (Å²) in [6.07, 6.45) is -1.02. The second kappa shape index (κ2) is 5.96. The third-order valence-electron chi connectivity index (χ3n) is 3.23. The van der Waals surface area contributed by atoms with Gasteiger partial charge >= 0.3 is 6.09 Å². The van der Waals surface area contributed by atoms with Gasteiger partial charge in [0, 0.05) is 38.3 Å². The summed E-state index contributed by atoms with van der Waals surface area (Å²) in [6, 6.07) is 3.65. The van der Waals surface area contributed by atoms with E-state index in [1.807, 2.05) is 0 Å². The Morgan fingerprint density at radius 2 is 1.76 bits per heavy atom. The highest BCUT2D eigenvalue weighted by atomic mass is 35.5. The topological polar surface area (TPSA) is 104 Å². The number of hydrogen-bond acceptors (Lipinski definition) is 4. The Morgan fingerprint density at radius 3 is 2.24 bits per heavy atom. The van der Waals surface area contributed by atoms with Gasteiger partial charge in [-0.05, 0) is 6.07 Å². The lowest BCUT2D eigenvalue weighted by Gasteiger charge is -2.33. The Morgan fingerprint density at radius 1 is 1.19 bits per heavy atom. The molecule has 1 aromatic rings. The molecule has 1 aliphatic heterocycles. The van der Waals surface area contributed by atoms with Gasteiger partial charge < -0.3 is 14.9 Å². The Kier molecular flexibility index (Phi) is 4.27. The number of nitro groups is 1. The van der Waals surface area contributed by atoms with Gasteiger partial charge in [0.1, 0.15) is 0 Å². The smallest absolute Gasteiger partial charge is 0.407 e. The molecule has 0 aromatic heterocycles. The number of carbonyl (C=O) groups excluding carboxylic acids is 1. The summed E-state index contributed by atoms with van der Waals surface area (Å²) >= 11 is 5.91. The summed E-state index contributed by atoms with van der Waals surface area (Å²) in [5, 5.41) is 19.5. The van der Waals surface area contributed by atoms with Crippen molar-refractivity contribution in [3.05, 3.63) is 38.9 Å².